The van der Waals surface area contributed by atoms with Crippen LogP contribution in [0.15, 0.2) is 48.0 Å². The fourth-order valence-corrected chi connectivity index (χ4v) is 2.20. The third kappa shape index (κ3) is 4.60. The number of halogens is 1. The Morgan fingerprint density at radius 1 is 1.35 bits per heavy atom. The number of carboxylic acid groups (broad SMARTS) is 1. The Labute approximate surface area is 139 Å². The number of aryl methyl sites for hydroxylation is 1. The Balaban J connectivity index is 2.29. The van der Waals surface area contributed by atoms with Crippen molar-refractivity contribution in [3.05, 3.63) is 69.8 Å². The Kier molecular flexibility index (Phi) is 5.40. The maximum Gasteiger partial charge on any atom is 0.346 e. The van der Waals surface area contributed by atoms with E-state index in [0.717, 1.165) is 11.1 Å². The van der Waals surface area contributed by atoms with E-state index in [1.165, 1.54) is 6.08 Å². The fraction of sp³-hybridized carbons (Fsp3) is 0.111. The van der Waals surface area contributed by atoms with Crippen LogP contribution < -0.4 is 4.74 Å². The molecule has 0 spiro atoms. The van der Waals surface area contributed by atoms with E-state index in [4.69, 9.17) is 26.7 Å². The number of hydrogen-bond donors (Lipinski definition) is 1. The van der Waals surface area contributed by atoms with Gasteiger partial charge in [0.05, 0.1) is 0 Å². The molecule has 2 aromatic carbocycles. The molecule has 5 heteroatoms. The largest absolute Gasteiger partial charge is 0.488 e. The van der Waals surface area contributed by atoms with E-state index in [1.54, 1.807) is 24.3 Å². The quantitative estimate of drug-likeness (QED) is 0.659. The van der Waals surface area contributed by atoms with E-state index in [9.17, 15) is 4.79 Å². The molecule has 0 heterocycles. The second-order valence-electron chi connectivity index (χ2n) is 4.93. The third-order valence-electron chi connectivity index (χ3n) is 3.10. The van der Waals surface area contributed by atoms with Gasteiger partial charge in [-0.15, -0.1) is 0 Å². The molecule has 0 aromatic heterocycles. The average Bonchev–Trinajstić information content (AvgIpc) is 2.51. The zero-order chi connectivity index (χ0) is 16.8. The molecular weight excluding hydrogens is 314 g/mol. The first-order valence-corrected chi connectivity index (χ1v) is 7.20. The predicted octanol–water partition coefficient (Wildman–Crippen LogP) is 4.22. The molecule has 0 bridgehead atoms. The summed E-state index contributed by atoms with van der Waals surface area (Å²) in [6, 6.07) is 14.4. The van der Waals surface area contributed by atoms with Crippen molar-refractivity contribution in [3.63, 3.8) is 0 Å². The number of carboxylic acids is 1. The molecule has 2 rings (SSSR count). The summed E-state index contributed by atoms with van der Waals surface area (Å²) in [6.07, 6.45) is 1.25. The zero-order valence-corrected chi connectivity index (χ0v) is 13.2. The number of ether oxygens (including phenoxy) is 1. The van der Waals surface area contributed by atoms with Crippen LogP contribution in [0.25, 0.3) is 6.08 Å². The number of benzene rings is 2. The van der Waals surface area contributed by atoms with Gasteiger partial charge in [-0.2, -0.15) is 5.26 Å². The van der Waals surface area contributed by atoms with Crippen molar-refractivity contribution in [2.45, 2.75) is 13.5 Å². The topological polar surface area (TPSA) is 70.3 Å². The number of nitrogens with zero attached hydrogens (tertiary/aromatic N) is 1. The van der Waals surface area contributed by atoms with Gasteiger partial charge in [-0.3, -0.25) is 0 Å². The summed E-state index contributed by atoms with van der Waals surface area (Å²) >= 11 is 5.95. The summed E-state index contributed by atoms with van der Waals surface area (Å²) in [5.41, 5.74) is 2.19. The first-order chi connectivity index (χ1) is 11.0. The van der Waals surface area contributed by atoms with Crippen LogP contribution >= 0.6 is 11.6 Å². The van der Waals surface area contributed by atoms with Gasteiger partial charge in [0.2, 0.25) is 0 Å². The zero-order valence-electron chi connectivity index (χ0n) is 12.4. The van der Waals surface area contributed by atoms with Gasteiger partial charge in [-0.25, -0.2) is 4.79 Å². The minimum absolute atomic E-state index is 0.332. The first-order valence-electron chi connectivity index (χ1n) is 6.82. The minimum atomic E-state index is -1.29. The highest BCUT2D eigenvalue weighted by Gasteiger charge is 2.10. The van der Waals surface area contributed by atoms with Crippen molar-refractivity contribution in [1.82, 2.24) is 0 Å². The summed E-state index contributed by atoms with van der Waals surface area (Å²) in [5.74, 6) is -0.831. The number of rotatable bonds is 5. The van der Waals surface area contributed by atoms with Crippen molar-refractivity contribution in [3.8, 4) is 11.8 Å². The van der Waals surface area contributed by atoms with E-state index in [0.29, 0.717) is 22.9 Å². The molecule has 0 saturated heterocycles. The lowest BCUT2D eigenvalue weighted by Gasteiger charge is -2.10. The van der Waals surface area contributed by atoms with E-state index < -0.39 is 5.97 Å². The van der Waals surface area contributed by atoms with Gasteiger partial charge in [-0.1, -0.05) is 41.4 Å². The standard InChI is InChI=1S/C18H14ClNO3/c1-12-3-2-4-13(7-12)11-23-17-6-5-16(19)9-14(17)8-15(10-20)18(21)22/h2-9H,11H2,1H3,(H,21,22). The first kappa shape index (κ1) is 16.6. The van der Waals surface area contributed by atoms with E-state index >= 15 is 0 Å². The highest BCUT2D eigenvalue weighted by Crippen LogP contribution is 2.26. The van der Waals surface area contributed by atoms with Crippen LogP contribution in [0.2, 0.25) is 5.02 Å². The Morgan fingerprint density at radius 3 is 2.78 bits per heavy atom. The van der Waals surface area contributed by atoms with Crippen molar-refractivity contribution >= 4 is 23.6 Å². The second kappa shape index (κ2) is 7.48. The molecule has 2 aromatic rings. The SMILES string of the molecule is Cc1cccc(COc2ccc(Cl)cc2C=C(C#N)C(=O)O)c1. The summed E-state index contributed by atoms with van der Waals surface area (Å²) in [5, 5.41) is 18.3. The molecule has 0 fully saturated rings. The normalized spacial score (nSPS) is 10.9. The van der Waals surface area contributed by atoms with Crippen LogP contribution in [0, 0.1) is 18.3 Å². The molecule has 1 N–H and O–H groups in total. The van der Waals surface area contributed by atoms with Gasteiger partial charge in [0, 0.05) is 10.6 Å². The lowest BCUT2D eigenvalue weighted by atomic mass is 10.1. The highest BCUT2D eigenvalue weighted by molar-refractivity contribution is 6.30. The van der Waals surface area contributed by atoms with Crippen LogP contribution in [-0.4, -0.2) is 11.1 Å². The number of hydrogen-bond acceptors (Lipinski definition) is 3. The van der Waals surface area contributed by atoms with Crippen molar-refractivity contribution < 1.29 is 14.6 Å². The van der Waals surface area contributed by atoms with Gasteiger partial charge in [0.15, 0.2) is 0 Å². The van der Waals surface area contributed by atoms with E-state index in [1.807, 2.05) is 31.2 Å². The lowest BCUT2D eigenvalue weighted by Crippen LogP contribution is -2.00. The summed E-state index contributed by atoms with van der Waals surface area (Å²) < 4.78 is 5.75. The molecule has 0 aliphatic rings. The molecule has 0 radical (unpaired) electrons. The Morgan fingerprint density at radius 2 is 2.13 bits per heavy atom. The Bertz CT molecular complexity index is 806. The van der Waals surface area contributed by atoms with Crippen LogP contribution in [0.3, 0.4) is 0 Å². The van der Waals surface area contributed by atoms with E-state index in [-0.39, 0.29) is 5.57 Å². The van der Waals surface area contributed by atoms with Crippen molar-refractivity contribution in [2.24, 2.45) is 0 Å². The number of nitriles is 1. The molecule has 0 saturated carbocycles. The van der Waals surface area contributed by atoms with Gasteiger partial charge in [0.1, 0.15) is 24.0 Å². The minimum Gasteiger partial charge on any atom is -0.488 e. The summed E-state index contributed by atoms with van der Waals surface area (Å²) in [6.45, 7) is 2.32. The fourth-order valence-electron chi connectivity index (χ4n) is 2.02. The molecule has 116 valence electrons. The lowest BCUT2D eigenvalue weighted by molar-refractivity contribution is -0.132. The summed E-state index contributed by atoms with van der Waals surface area (Å²) in [7, 11) is 0. The Hall–Kier alpha value is -2.77. The van der Waals surface area contributed by atoms with Crippen molar-refractivity contribution in [1.29, 1.82) is 5.26 Å². The maximum absolute atomic E-state index is 11.0. The maximum atomic E-state index is 11.0. The monoisotopic (exact) mass is 327 g/mol. The van der Waals surface area contributed by atoms with Gasteiger partial charge >= 0.3 is 5.97 Å². The third-order valence-corrected chi connectivity index (χ3v) is 3.33. The molecule has 0 amide bonds. The molecule has 0 aliphatic heterocycles. The van der Waals surface area contributed by atoms with Gasteiger partial charge in [0.25, 0.3) is 0 Å². The van der Waals surface area contributed by atoms with E-state index in [2.05, 4.69) is 0 Å². The molecule has 0 atom stereocenters. The smallest absolute Gasteiger partial charge is 0.346 e. The predicted molar refractivity (Wildman–Crippen MR) is 88.2 cm³/mol. The van der Waals surface area contributed by atoms with Crippen molar-refractivity contribution in [2.75, 3.05) is 0 Å². The van der Waals surface area contributed by atoms with Crippen LogP contribution in [0.4, 0.5) is 0 Å². The molecule has 4 nitrogen and oxygen atoms in total. The van der Waals surface area contributed by atoms with Gasteiger partial charge < -0.3 is 9.84 Å². The molecule has 0 unspecified atom stereocenters. The van der Waals surface area contributed by atoms with Gasteiger partial charge in [-0.05, 0) is 36.8 Å². The van der Waals surface area contributed by atoms with Crippen LogP contribution in [-0.2, 0) is 11.4 Å². The second-order valence-corrected chi connectivity index (χ2v) is 5.37. The molecular formula is C18H14ClNO3. The molecule has 23 heavy (non-hydrogen) atoms. The van der Waals surface area contributed by atoms with Crippen LogP contribution in [0.1, 0.15) is 16.7 Å². The highest BCUT2D eigenvalue weighted by atomic mass is 35.5. The molecule has 0 aliphatic carbocycles. The average molecular weight is 328 g/mol. The summed E-state index contributed by atoms with van der Waals surface area (Å²) in [4.78, 5) is 11.0. The number of carbonyl (C=O) groups is 1. The number of aliphatic carboxylic acids is 1. The van der Waals surface area contributed by atoms with Crippen LogP contribution in [0.5, 0.6) is 5.75 Å².